The lowest BCUT2D eigenvalue weighted by atomic mass is 10.3. The van der Waals surface area contributed by atoms with Crippen LogP contribution >= 0.6 is 11.6 Å². The predicted octanol–water partition coefficient (Wildman–Crippen LogP) is 2.24. The molecule has 0 saturated heterocycles. The Bertz CT molecular complexity index is 271. The third-order valence-corrected chi connectivity index (χ3v) is 2.26. The molecule has 1 unspecified atom stereocenters. The summed E-state index contributed by atoms with van der Waals surface area (Å²) < 4.78 is 0. The lowest BCUT2D eigenvalue weighted by molar-refractivity contribution is 0.757. The summed E-state index contributed by atoms with van der Waals surface area (Å²) in [5, 5.41) is 8.30. The molecule has 0 aliphatic carbocycles. The second-order valence-corrected chi connectivity index (χ2v) is 4.27. The van der Waals surface area contributed by atoms with E-state index in [0.717, 1.165) is 24.5 Å². The zero-order valence-electron chi connectivity index (χ0n) is 8.87. The molecule has 0 fully saturated rings. The Morgan fingerprint density at radius 2 is 2.14 bits per heavy atom. The third kappa shape index (κ3) is 3.50. The quantitative estimate of drug-likeness (QED) is 0.719. The van der Waals surface area contributed by atoms with Crippen molar-refractivity contribution in [3.05, 3.63) is 17.8 Å². The number of hydrogen-bond acceptors (Lipinski definition) is 3. The minimum atomic E-state index is 0.204. The molecule has 0 amide bonds. The molecule has 14 heavy (non-hydrogen) atoms. The van der Waals surface area contributed by atoms with E-state index in [1.807, 2.05) is 33.0 Å². The molecule has 0 bridgehead atoms. The Kier molecular flexibility index (Phi) is 4.14. The first-order chi connectivity index (χ1) is 6.59. The summed E-state index contributed by atoms with van der Waals surface area (Å²) in [7, 11) is 2.00. The van der Waals surface area contributed by atoms with Crippen molar-refractivity contribution in [1.82, 2.24) is 10.2 Å². The first-order valence-corrected chi connectivity index (χ1v) is 5.19. The van der Waals surface area contributed by atoms with E-state index < -0.39 is 0 Å². The van der Waals surface area contributed by atoms with Crippen molar-refractivity contribution in [2.75, 3.05) is 18.5 Å². The number of halogens is 1. The number of nitrogens with zero attached hydrogens (tertiary/aromatic N) is 3. The zero-order chi connectivity index (χ0) is 10.6. The molecule has 1 atom stereocenters. The molecule has 78 valence electrons. The first-order valence-electron chi connectivity index (χ1n) is 4.75. The average Bonchev–Trinajstić information content (AvgIpc) is 2.15. The van der Waals surface area contributed by atoms with Crippen LogP contribution in [0, 0.1) is 6.92 Å². The molecule has 4 heteroatoms. The monoisotopic (exact) mass is 213 g/mol. The van der Waals surface area contributed by atoms with Gasteiger partial charge in [0.05, 0.1) is 5.69 Å². The van der Waals surface area contributed by atoms with E-state index >= 15 is 0 Å². The van der Waals surface area contributed by atoms with Crippen LogP contribution < -0.4 is 4.90 Å². The Labute approximate surface area is 90.1 Å². The molecule has 0 aliphatic heterocycles. The van der Waals surface area contributed by atoms with E-state index in [1.165, 1.54) is 0 Å². The molecule has 1 aromatic heterocycles. The van der Waals surface area contributed by atoms with Crippen molar-refractivity contribution in [2.45, 2.75) is 25.6 Å². The molecule has 0 N–H and O–H groups in total. The third-order valence-electron chi connectivity index (χ3n) is 2.04. The van der Waals surface area contributed by atoms with Gasteiger partial charge in [-0.05, 0) is 32.4 Å². The number of rotatable bonds is 4. The van der Waals surface area contributed by atoms with Gasteiger partial charge in [-0.15, -0.1) is 16.7 Å². The van der Waals surface area contributed by atoms with Gasteiger partial charge in [0, 0.05) is 19.0 Å². The zero-order valence-corrected chi connectivity index (χ0v) is 9.62. The minimum Gasteiger partial charge on any atom is -0.358 e. The summed E-state index contributed by atoms with van der Waals surface area (Å²) in [6.07, 6.45) is 0.952. The van der Waals surface area contributed by atoms with Crippen LogP contribution in [0.3, 0.4) is 0 Å². The lowest BCUT2D eigenvalue weighted by Gasteiger charge is -2.17. The second kappa shape index (κ2) is 5.15. The maximum atomic E-state index is 5.87. The number of alkyl halides is 1. The molecule has 3 nitrogen and oxygen atoms in total. The van der Waals surface area contributed by atoms with Gasteiger partial charge < -0.3 is 4.90 Å². The Hall–Kier alpha value is -0.830. The SMILES string of the molecule is Cc1ccc(N(C)CCC(C)Cl)nn1. The van der Waals surface area contributed by atoms with Crippen LogP contribution in [0.25, 0.3) is 0 Å². The molecule has 1 heterocycles. The van der Waals surface area contributed by atoms with E-state index in [9.17, 15) is 0 Å². The largest absolute Gasteiger partial charge is 0.358 e. The van der Waals surface area contributed by atoms with Crippen LogP contribution in [-0.2, 0) is 0 Å². The molecule has 0 aromatic carbocycles. The smallest absolute Gasteiger partial charge is 0.150 e. The maximum absolute atomic E-state index is 5.87. The van der Waals surface area contributed by atoms with Crippen LogP contribution in [0.4, 0.5) is 5.82 Å². The molecule has 0 spiro atoms. The molecule has 1 rings (SSSR count). The minimum absolute atomic E-state index is 0.204. The van der Waals surface area contributed by atoms with Gasteiger partial charge in [-0.3, -0.25) is 0 Å². The van der Waals surface area contributed by atoms with Gasteiger partial charge in [-0.2, -0.15) is 5.10 Å². The van der Waals surface area contributed by atoms with Crippen molar-refractivity contribution in [2.24, 2.45) is 0 Å². The van der Waals surface area contributed by atoms with Crippen molar-refractivity contribution in [3.63, 3.8) is 0 Å². The molecule has 0 saturated carbocycles. The van der Waals surface area contributed by atoms with E-state index in [4.69, 9.17) is 11.6 Å². The highest BCUT2D eigenvalue weighted by atomic mass is 35.5. The fourth-order valence-corrected chi connectivity index (χ4v) is 1.18. The maximum Gasteiger partial charge on any atom is 0.150 e. The van der Waals surface area contributed by atoms with Gasteiger partial charge in [0.15, 0.2) is 5.82 Å². The van der Waals surface area contributed by atoms with Crippen molar-refractivity contribution in [1.29, 1.82) is 0 Å². The van der Waals surface area contributed by atoms with E-state index in [0.29, 0.717) is 0 Å². The fraction of sp³-hybridized carbons (Fsp3) is 0.600. The van der Waals surface area contributed by atoms with Crippen LogP contribution in [0.5, 0.6) is 0 Å². The summed E-state index contributed by atoms with van der Waals surface area (Å²) in [6, 6.07) is 3.93. The first kappa shape index (κ1) is 11.2. The average molecular weight is 214 g/mol. The van der Waals surface area contributed by atoms with Crippen LogP contribution in [-0.4, -0.2) is 29.2 Å². The van der Waals surface area contributed by atoms with Gasteiger partial charge >= 0.3 is 0 Å². The van der Waals surface area contributed by atoms with Crippen molar-refractivity contribution < 1.29 is 0 Å². The number of anilines is 1. The standard InChI is InChI=1S/C10H16ClN3/c1-8(11)6-7-14(3)10-5-4-9(2)12-13-10/h4-5,8H,6-7H2,1-3H3. The van der Waals surface area contributed by atoms with Gasteiger partial charge in [-0.25, -0.2) is 0 Å². The summed E-state index contributed by atoms with van der Waals surface area (Å²) >= 11 is 5.87. The molecule has 1 aromatic rings. The van der Waals surface area contributed by atoms with Crippen LogP contribution in [0.15, 0.2) is 12.1 Å². The number of aromatic nitrogens is 2. The van der Waals surface area contributed by atoms with Crippen LogP contribution in [0.2, 0.25) is 0 Å². The molecule has 0 aliphatic rings. The van der Waals surface area contributed by atoms with Crippen molar-refractivity contribution in [3.8, 4) is 0 Å². The number of aryl methyl sites for hydroxylation is 1. The topological polar surface area (TPSA) is 29.0 Å². The van der Waals surface area contributed by atoms with E-state index in [-0.39, 0.29) is 5.38 Å². The van der Waals surface area contributed by atoms with E-state index in [2.05, 4.69) is 15.1 Å². The molecular weight excluding hydrogens is 198 g/mol. The Balaban J connectivity index is 2.52. The van der Waals surface area contributed by atoms with Gasteiger partial charge in [0.25, 0.3) is 0 Å². The highest BCUT2D eigenvalue weighted by Crippen LogP contribution is 2.09. The summed E-state index contributed by atoms with van der Waals surface area (Å²) in [5.41, 5.74) is 0.938. The van der Waals surface area contributed by atoms with Gasteiger partial charge in [-0.1, -0.05) is 0 Å². The van der Waals surface area contributed by atoms with E-state index in [1.54, 1.807) is 0 Å². The predicted molar refractivity (Wildman–Crippen MR) is 60.0 cm³/mol. The van der Waals surface area contributed by atoms with Gasteiger partial charge in [0.1, 0.15) is 0 Å². The Morgan fingerprint density at radius 1 is 1.43 bits per heavy atom. The highest BCUT2D eigenvalue weighted by Gasteiger charge is 2.04. The highest BCUT2D eigenvalue weighted by molar-refractivity contribution is 6.20. The Morgan fingerprint density at radius 3 is 2.64 bits per heavy atom. The normalized spacial score (nSPS) is 12.6. The second-order valence-electron chi connectivity index (χ2n) is 3.52. The van der Waals surface area contributed by atoms with Crippen LogP contribution in [0.1, 0.15) is 19.0 Å². The fourth-order valence-electron chi connectivity index (χ4n) is 1.08. The number of hydrogen-bond donors (Lipinski definition) is 0. The summed E-state index contributed by atoms with van der Waals surface area (Å²) in [6.45, 7) is 4.83. The summed E-state index contributed by atoms with van der Waals surface area (Å²) in [5.74, 6) is 0.896. The summed E-state index contributed by atoms with van der Waals surface area (Å²) in [4.78, 5) is 2.06. The molecule has 0 radical (unpaired) electrons. The van der Waals surface area contributed by atoms with Gasteiger partial charge in [0.2, 0.25) is 0 Å². The molecular formula is C10H16ClN3. The lowest BCUT2D eigenvalue weighted by Crippen LogP contribution is -2.21. The van der Waals surface area contributed by atoms with Crippen molar-refractivity contribution >= 4 is 17.4 Å².